The maximum Gasteiger partial charge on any atom is 0.242 e. The summed E-state index contributed by atoms with van der Waals surface area (Å²) in [5.41, 5.74) is 0.766. The number of carbonyl (C=O) groups excluding carboxylic acids is 1. The van der Waals surface area contributed by atoms with Crippen LogP contribution in [0.25, 0.3) is 0 Å². The third-order valence-electron chi connectivity index (χ3n) is 1.72. The van der Waals surface area contributed by atoms with Gasteiger partial charge in [-0.1, -0.05) is 17.5 Å². The van der Waals surface area contributed by atoms with Gasteiger partial charge in [-0.2, -0.15) is 5.10 Å². The molecule has 0 unspecified atom stereocenters. The van der Waals surface area contributed by atoms with Crippen LogP contribution in [0.3, 0.4) is 0 Å². The lowest BCUT2D eigenvalue weighted by molar-refractivity contribution is -0.121. The van der Waals surface area contributed by atoms with Crippen LogP contribution in [0.5, 0.6) is 0 Å². The third-order valence-corrected chi connectivity index (χ3v) is 2.10. The highest BCUT2D eigenvalue weighted by Crippen LogP contribution is 2.12. The van der Waals surface area contributed by atoms with E-state index < -0.39 is 0 Å². The number of rotatable bonds is 3. The molecule has 1 aromatic rings. The number of aromatic nitrogens is 2. The Labute approximate surface area is 87.2 Å². The normalized spacial score (nSPS) is 9.50. The zero-order valence-corrected chi connectivity index (χ0v) is 8.51. The Morgan fingerprint density at radius 1 is 1.86 bits per heavy atom. The Morgan fingerprint density at radius 3 is 3.07 bits per heavy atom. The lowest BCUT2D eigenvalue weighted by atomic mass is 10.4. The molecule has 0 fully saturated rings. The summed E-state index contributed by atoms with van der Waals surface area (Å²) in [4.78, 5) is 11.2. The van der Waals surface area contributed by atoms with Gasteiger partial charge >= 0.3 is 0 Å². The summed E-state index contributed by atoms with van der Waals surface area (Å²) in [7, 11) is 0. The molecule has 0 bridgehead atoms. The van der Waals surface area contributed by atoms with Crippen molar-refractivity contribution in [2.24, 2.45) is 0 Å². The number of amides is 1. The van der Waals surface area contributed by atoms with Crippen LogP contribution in [0.1, 0.15) is 5.69 Å². The number of carbonyl (C=O) groups is 1. The molecular weight excluding hydrogens is 202 g/mol. The van der Waals surface area contributed by atoms with Crippen molar-refractivity contribution < 1.29 is 4.79 Å². The van der Waals surface area contributed by atoms with Crippen molar-refractivity contribution in [2.45, 2.75) is 13.5 Å². The average molecular weight is 212 g/mol. The first-order valence-corrected chi connectivity index (χ1v) is 4.41. The molecule has 1 heterocycles. The first-order chi connectivity index (χ1) is 6.65. The second kappa shape index (κ2) is 4.68. The van der Waals surface area contributed by atoms with Gasteiger partial charge in [0.25, 0.3) is 0 Å². The minimum atomic E-state index is -0.175. The van der Waals surface area contributed by atoms with Gasteiger partial charge in [0.1, 0.15) is 6.54 Å². The van der Waals surface area contributed by atoms with E-state index in [9.17, 15) is 4.79 Å². The number of nitrogens with one attached hydrogen (secondary N) is 1. The van der Waals surface area contributed by atoms with E-state index in [1.807, 2.05) is 0 Å². The molecule has 0 aliphatic heterocycles. The highest BCUT2D eigenvalue weighted by Gasteiger charge is 2.07. The van der Waals surface area contributed by atoms with Crippen LogP contribution < -0.4 is 5.32 Å². The largest absolute Gasteiger partial charge is 0.344 e. The number of halogens is 1. The van der Waals surface area contributed by atoms with Crippen LogP contribution in [0.15, 0.2) is 6.20 Å². The van der Waals surface area contributed by atoms with E-state index in [0.29, 0.717) is 5.02 Å². The fraction of sp³-hybridized carbons (Fsp3) is 0.333. The Morgan fingerprint density at radius 2 is 2.57 bits per heavy atom. The molecule has 1 N–H and O–H groups in total. The molecule has 1 rings (SSSR count). The number of hydrogen-bond acceptors (Lipinski definition) is 2. The molecule has 0 atom stereocenters. The molecule has 0 aliphatic carbocycles. The van der Waals surface area contributed by atoms with Crippen LogP contribution in [-0.4, -0.2) is 22.2 Å². The van der Waals surface area contributed by atoms with Crippen LogP contribution in [0.4, 0.5) is 0 Å². The van der Waals surface area contributed by atoms with Gasteiger partial charge in [-0.25, -0.2) is 0 Å². The molecule has 1 aromatic heterocycles. The maximum absolute atomic E-state index is 11.2. The molecule has 0 saturated carbocycles. The van der Waals surface area contributed by atoms with Crippen LogP contribution in [0.2, 0.25) is 5.02 Å². The SMILES string of the molecule is C#CCNC(=O)Cn1ncc(Cl)c1C. The highest BCUT2D eigenvalue weighted by molar-refractivity contribution is 6.31. The van der Waals surface area contributed by atoms with Crippen LogP contribution in [-0.2, 0) is 11.3 Å². The van der Waals surface area contributed by atoms with E-state index in [4.69, 9.17) is 18.0 Å². The maximum atomic E-state index is 11.2. The molecule has 0 spiro atoms. The fourth-order valence-corrected chi connectivity index (χ4v) is 1.07. The molecule has 0 radical (unpaired) electrons. The average Bonchev–Trinajstić information content (AvgIpc) is 2.46. The molecule has 5 heteroatoms. The van der Waals surface area contributed by atoms with Crippen molar-refractivity contribution >= 4 is 17.5 Å². The van der Waals surface area contributed by atoms with Gasteiger partial charge in [0.15, 0.2) is 0 Å². The molecular formula is C9H10ClN3O. The lowest BCUT2D eigenvalue weighted by Crippen LogP contribution is -2.28. The highest BCUT2D eigenvalue weighted by atomic mass is 35.5. The summed E-state index contributed by atoms with van der Waals surface area (Å²) in [6.45, 7) is 2.16. The first-order valence-electron chi connectivity index (χ1n) is 4.03. The minimum Gasteiger partial charge on any atom is -0.344 e. The van der Waals surface area contributed by atoms with E-state index in [2.05, 4.69) is 16.3 Å². The Kier molecular flexibility index (Phi) is 3.55. The molecule has 14 heavy (non-hydrogen) atoms. The van der Waals surface area contributed by atoms with Crippen LogP contribution >= 0.6 is 11.6 Å². The second-order valence-corrected chi connectivity index (χ2v) is 3.12. The van der Waals surface area contributed by atoms with Gasteiger partial charge in [0.05, 0.1) is 23.5 Å². The van der Waals surface area contributed by atoms with Crippen molar-refractivity contribution in [1.29, 1.82) is 0 Å². The third kappa shape index (κ3) is 2.51. The van der Waals surface area contributed by atoms with E-state index in [1.165, 1.54) is 10.9 Å². The quantitative estimate of drug-likeness (QED) is 0.745. The van der Waals surface area contributed by atoms with E-state index in [0.717, 1.165) is 5.69 Å². The van der Waals surface area contributed by atoms with Crippen molar-refractivity contribution in [1.82, 2.24) is 15.1 Å². The van der Waals surface area contributed by atoms with Gasteiger partial charge in [0, 0.05) is 0 Å². The van der Waals surface area contributed by atoms with Gasteiger partial charge in [0.2, 0.25) is 5.91 Å². The number of nitrogens with zero attached hydrogens (tertiary/aromatic N) is 2. The predicted molar refractivity (Wildman–Crippen MR) is 53.8 cm³/mol. The Bertz CT molecular complexity index is 378. The van der Waals surface area contributed by atoms with Crippen molar-refractivity contribution in [2.75, 3.05) is 6.54 Å². The molecule has 1 amide bonds. The van der Waals surface area contributed by atoms with E-state index in [-0.39, 0.29) is 19.0 Å². The summed E-state index contributed by atoms with van der Waals surface area (Å²) in [5, 5.41) is 7.02. The molecule has 0 saturated heterocycles. The first kappa shape index (κ1) is 10.6. The van der Waals surface area contributed by atoms with Gasteiger partial charge < -0.3 is 5.32 Å². The monoisotopic (exact) mass is 211 g/mol. The van der Waals surface area contributed by atoms with Gasteiger partial charge in [-0.05, 0) is 6.92 Å². The second-order valence-electron chi connectivity index (χ2n) is 2.72. The summed E-state index contributed by atoms with van der Waals surface area (Å²) < 4.78 is 1.52. The van der Waals surface area contributed by atoms with E-state index >= 15 is 0 Å². The Hall–Kier alpha value is -1.47. The zero-order chi connectivity index (χ0) is 10.6. The lowest BCUT2D eigenvalue weighted by Gasteiger charge is -2.03. The van der Waals surface area contributed by atoms with Gasteiger partial charge in [-0.15, -0.1) is 6.42 Å². The fourth-order valence-electron chi connectivity index (χ4n) is 0.925. The number of hydrogen-bond donors (Lipinski definition) is 1. The topological polar surface area (TPSA) is 46.9 Å². The molecule has 74 valence electrons. The Balaban J connectivity index is 2.57. The van der Waals surface area contributed by atoms with Crippen LogP contribution in [0, 0.1) is 19.3 Å². The smallest absolute Gasteiger partial charge is 0.242 e. The summed E-state index contributed by atoms with van der Waals surface area (Å²) >= 11 is 5.77. The minimum absolute atomic E-state index is 0.139. The summed E-state index contributed by atoms with van der Waals surface area (Å²) in [5.74, 6) is 2.14. The van der Waals surface area contributed by atoms with Crippen molar-refractivity contribution in [3.8, 4) is 12.3 Å². The standard InChI is InChI=1S/C9H10ClN3O/c1-3-4-11-9(14)6-13-7(2)8(10)5-12-13/h1,5H,4,6H2,2H3,(H,11,14). The van der Waals surface area contributed by atoms with Crippen molar-refractivity contribution in [3.05, 3.63) is 16.9 Å². The van der Waals surface area contributed by atoms with Crippen molar-refractivity contribution in [3.63, 3.8) is 0 Å². The molecule has 0 aliphatic rings. The predicted octanol–water partition coefficient (Wildman–Crippen LogP) is 0.594. The molecule has 0 aromatic carbocycles. The molecule has 4 nitrogen and oxygen atoms in total. The van der Waals surface area contributed by atoms with Gasteiger partial charge in [-0.3, -0.25) is 9.48 Å². The summed E-state index contributed by atoms with van der Waals surface area (Å²) in [6.07, 6.45) is 6.50. The zero-order valence-electron chi connectivity index (χ0n) is 7.75. The van der Waals surface area contributed by atoms with E-state index in [1.54, 1.807) is 6.92 Å². The summed E-state index contributed by atoms with van der Waals surface area (Å²) in [6, 6.07) is 0. The number of terminal acetylenes is 1.